The smallest absolute Gasteiger partial charge is 0.200 e. The zero-order valence-corrected chi connectivity index (χ0v) is 15.8. The molecule has 5 heteroatoms. The Morgan fingerprint density at radius 2 is 1.70 bits per heavy atom. The predicted molar refractivity (Wildman–Crippen MR) is 111 cm³/mol. The molecule has 0 unspecified atom stereocenters. The molecule has 0 atom stereocenters. The van der Waals surface area contributed by atoms with Gasteiger partial charge >= 0.3 is 0 Å². The molecule has 0 saturated heterocycles. The fourth-order valence-corrected chi connectivity index (χ4v) is 3.75. The van der Waals surface area contributed by atoms with Gasteiger partial charge in [-0.15, -0.1) is 0 Å². The summed E-state index contributed by atoms with van der Waals surface area (Å²) in [7, 11) is 5.16. The molecule has 27 heavy (non-hydrogen) atoms. The Morgan fingerprint density at radius 1 is 0.963 bits per heavy atom. The van der Waals surface area contributed by atoms with Crippen molar-refractivity contribution in [3.63, 3.8) is 0 Å². The first-order valence-electron chi connectivity index (χ1n) is 8.95. The van der Waals surface area contributed by atoms with Gasteiger partial charge in [-0.05, 0) is 47.6 Å². The fraction of sp³-hybridized carbons (Fsp3) is 0.227. The van der Waals surface area contributed by atoms with E-state index in [0.717, 1.165) is 18.5 Å². The van der Waals surface area contributed by atoms with E-state index in [1.165, 1.54) is 21.9 Å². The highest BCUT2D eigenvalue weighted by molar-refractivity contribution is 6.07. The highest BCUT2D eigenvalue weighted by Gasteiger charge is 2.18. The Balaban J connectivity index is 1.72. The average Bonchev–Trinajstić information content (AvgIpc) is 3.12. The molecule has 1 aliphatic carbocycles. The minimum absolute atomic E-state index is 0.418. The molecule has 0 radical (unpaired) electrons. The SMILES string of the molecule is COc1ccc(N=C(N)N(C)c2ccc3c4c(cccc24)CC3)cc1OC. The van der Waals surface area contributed by atoms with Crippen LogP contribution in [0.3, 0.4) is 0 Å². The van der Waals surface area contributed by atoms with Gasteiger partial charge in [0.1, 0.15) is 0 Å². The number of ether oxygens (including phenoxy) is 2. The third kappa shape index (κ3) is 2.95. The van der Waals surface area contributed by atoms with E-state index >= 15 is 0 Å². The molecule has 0 amide bonds. The number of anilines is 1. The lowest BCUT2D eigenvalue weighted by molar-refractivity contribution is 0.355. The number of nitrogens with two attached hydrogens (primary N) is 1. The van der Waals surface area contributed by atoms with Crippen LogP contribution in [-0.2, 0) is 12.8 Å². The minimum atomic E-state index is 0.418. The van der Waals surface area contributed by atoms with Crippen molar-refractivity contribution in [2.75, 3.05) is 26.2 Å². The number of aryl methyl sites for hydroxylation is 2. The first-order chi connectivity index (χ1) is 13.1. The maximum absolute atomic E-state index is 6.33. The van der Waals surface area contributed by atoms with Gasteiger partial charge < -0.3 is 20.1 Å². The van der Waals surface area contributed by atoms with E-state index < -0.39 is 0 Å². The number of guanidine groups is 1. The van der Waals surface area contributed by atoms with Crippen LogP contribution >= 0.6 is 0 Å². The molecular formula is C22H23N3O2. The molecular weight excluding hydrogens is 338 g/mol. The first kappa shape index (κ1) is 17.2. The molecule has 1 aliphatic rings. The van der Waals surface area contributed by atoms with E-state index in [4.69, 9.17) is 15.2 Å². The lowest BCUT2D eigenvalue weighted by Crippen LogP contribution is -2.33. The van der Waals surface area contributed by atoms with E-state index in [0.29, 0.717) is 23.1 Å². The molecule has 0 spiro atoms. The second-order valence-corrected chi connectivity index (χ2v) is 6.65. The molecule has 0 aliphatic heterocycles. The quantitative estimate of drug-likeness (QED) is 0.563. The number of hydrogen-bond acceptors (Lipinski definition) is 3. The van der Waals surface area contributed by atoms with Crippen LogP contribution in [0.1, 0.15) is 11.1 Å². The predicted octanol–water partition coefficient (Wildman–Crippen LogP) is 4.04. The summed E-state index contributed by atoms with van der Waals surface area (Å²) in [6.45, 7) is 0. The Morgan fingerprint density at radius 3 is 2.44 bits per heavy atom. The summed E-state index contributed by atoms with van der Waals surface area (Å²) < 4.78 is 10.6. The number of benzene rings is 3. The second-order valence-electron chi connectivity index (χ2n) is 6.65. The van der Waals surface area contributed by atoms with Gasteiger partial charge in [-0.1, -0.05) is 24.3 Å². The summed E-state index contributed by atoms with van der Waals surface area (Å²) in [5.74, 6) is 1.70. The number of rotatable bonds is 4. The lowest BCUT2D eigenvalue weighted by Gasteiger charge is -2.21. The largest absolute Gasteiger partial charge is 0.493 e. The molecule has 5 nitrogen and oxygen atoms in total. The van der Waals surface area contributed by atoms with Crippen molar-refractivity contribution in [2.45, 2.75) is 12.8 Å². The van der Waals surface area contributed by atoms with Crippen LogP contribution in [-0.4, -0.2) is 27.2 Å². The molecule has 4 rings (SSSR count). The van der Waals surface area contributed by atoms with Gasteiger partial charge in [0.05, 0.1) is 25.6 Å². The third-order valence-electron chi connectivity index (χ3n) is 5.17. The summed E-state index contributed by atoms with van der Waals surface area (Å²) in [6.07, 6.45) is 2.21. The van der Waals surface area contributed by atoms with Crippen molar-refractivity contribution in [1.82, 2.24) is 0 Å². The van der Waals surface area contributed by atoms with Crippen LogP contribution in [0, 0.1) is 0 Å². The van der Waals surface area contributed by atoms with E-state index in [2.05, 4.69) is 35.3 Å². The van der Waals surface area contributed by atoms with Crippen LogP contribution in [0.5, 0.6) is 11.5 Å². The second kappa shape index (κ2) is 6.83. The molecule has 2 N–H and O–H groups in total. The van der Waals surface area contributed by atoms with Crippen molar-refractivity contribution in [2.24, 2.45) is 10.7 Å². The topological polar surface area (TPSA) is 60.1 Å². The van der Waals surface area contributed by atoms with Gasteiger partial charge in [0.25, 0.3) is 0 Å². The molecule has 0 heterocycles. The maximum Gasteiger partial charge on any atom is 0.200 e. The van der Waals surface area contributed by atoms with Crippen LogP contribution < -0.4 is 20.1 Å². The minimum Gasteiger partial charge on any atom is -0.493 e. The highest BCUT2D eigenvalue weighted by Crippen LogP contribution is 2.36. The number of hydrogen-bond donors (Lipinski definition) is 1. The molecule has 0 fully saturated rings. The van der Waals surface area contributed by atoms with Crippen molar-refractivity contribution in [3.05, 3.63) is 59.7 Å². The molecule has 3 aromatic carbocycles. The third-order valence-corrected chi connectivity index (χ3v) is 5.17. The number of aliphatic imine (C=N–C) groups is 1. The van der Waals surface area contributed by atoms with Gasteiger partial charge in [0.15, 0.2) is 11.5 Å². The van der Waals surface area contributed by atoms with Crippen molar-refractivity contribution < 1.29 is 9.47 Å². The van der Waals surface area contributed by atoms with Crippen LogP contribution in [0.4, 0.5) is 11.4 Å². The molecule has 3 aromatic rings. The van der Waals surface area contributed by atoms with E-state index in [9.17, 15) is 0 Å². The fourth-order valence-electron chi connectivity index (χ4n) is 3.75. The maximum atomic E-state index is 6.33. The lowest BCUT2D eigenvalue weighted by atomic mass is 10.0. The van der Waals surface area contributed by atoms with Crippen molar-refractivity contribution in [3.8, 4) is 11.5 Å². The Hall–Kier alpha value is -3.21. The summed E-state index contributed by atoms with van der Waals surface area (Å²) in [4.78, 5) is 6.50. The van der Waals surface area contributed by atoms with Crippen molar-refractivity contribution >= 4 is 28.1 Å². The molecule has 0 bridgehead atoms. The van der Waals surface area contributed by atoms with Gasteiger partial charge in [-0.3, -0.25) is 0 Å². The normalized spacial score (nSPS) is 13.1. The zero-order chi connectivity index (χ0) is 19.0. The standard InChI is InChI=1S/C22H23N3O2/c1-25(22(23)24-16-10-12-19(26-2)20(13-16)27-3)18-11-9-15-8-7-14-5-4-6-17(18)21(14)15/h4-6,9-13H,7-8H2,1-3H3,(H2,23,24). The number of nitrogens with zero attached hydrogens (tertiary/aromatic N) is 2. The Labute approximate surface area is 159 Å². The molecule has 0 aromatic heterocycles. The van der Waals surface area contributed by atoms with E-state index in [1.54, 1.807) is 14.2 Å². The number of methoxy groups -OCH3 is 2. The Bertz CT molecular complexity index is 1030. The van der Waals surface area contributed by atoms with Gasteiger partial charge in [-0.2, -0.15) is 0 Å². The van der Waals surface area contributed by atoms with Crippen LogP contribution in [0.2, 0.25) is 0 Å². The highest BCUT2D eigenvalue weighted by atomic mass is 16.5. The van der Waals surface area contributed by atoms with Crippen LogP contribution in [0.15, 0.2) is 53.5 Å². The molecule has 138 valence electrons. The first-order valence-corrected chi connectivity index (χ1v) is 8.95. The van der Waals surface area contributed by atoms with Crippen LogP contribution in [0.25, 0.3) is 10.8 Å². The molecule has 0 saturated carbocycles. The van der Waals surface area contributed by atoms with Crippen molar-refractivity contribution in [1.29, 1.82) is 0 Å². The zero-order valence-electron chi connectivity index (χ0n) is 15.8. The summed E-state index contributed by atoms with van der Waals surface area (Å²) >= 11 is 0. The van der Waals surface area contributed by atoms with E-state index in [-0.39, 0.29) is 0 Å². The Kier molecular flexibility index (Phi) is 4.36. The monoisotopic (exact) mass is 361 g/mol. The summed E-state index contributed by atoms with van der Waals surface area (Å²) in [5, 5.41) is 2.58. The average molecular weight is 361 g/mol. The van der Waals surface area contributed by atoms with Gasteiger partial charge in [0.2, 0.25) is 5.96 Å². The van der Waals surface area contributed by atoms with E-state index in [1.807, 2.05) is 30.1 Å². The summed E-state index contributed by atoms with van der Waals surface area (Å²) in [6, 6.07) is 16.3. The summed E-state index contributed by atoms with van der Waals surface area (Å²) in [5.41, 5.74) is 10.9. The van der Waals surface area contributed by atoms with Gasteiger partial charge in [0, 0.05) is 18.5 Å². The van der Waals surface area contributed by atoms with Gasteiger partial charge in [-0.25, -0.2) is 4.99 Å².